The first-order chi connectivity index (χ1) is 14.7. The highest BCUT2D eigenvalue weighted by Crippen LogP contribution is 2.32. The zero-order valence-corrected chi connectivity index (χ0v) is 17.3. The second-order valence-electron chi connectivity index (χ2n) is 6.53. The number of H-pyrrole nitrogens is 1. The van der Waals surface area contributed by atoms with Gasteiger partial charge >= 0.3 is 0 Å². The third kappa shape index (κ3) is 4.55. The summed E-state index contributed by atoms with van der Waals surface area (Å²) < 4.78 is 5.29. The lowest BCUT2D eigenvalue weighted by molar-refractivity contribution is -0.113. The maximum absolute atomic E-state index is 12.5. The van der Waals surface area contributed by atoms with E-state index in [1.807, 2.05) is 84.9 Å². The maximum Gasteiger partial charge on any atom is 0.234 e. The van der Waals surface area contributed by atoms with Crippen LogP contribution in [0.4, 0.5) is 5.69 Å². The molecule has 1 aromatic heterocycles. The summed E-state index contributed by atoms with van der Waals surface area (Å²) in [5.74, 6) is 0.739. The SMILES string of the molecule is COc1ccccc1NC(=O)CSc1nc(-c2ccccc2)c(-c2ccccc2)[nH]1. The van der Waals surface area contributed by atoms with Gasteiger partial charge in [0.05, 0.1) is 29.9 Å². The number of aromatic amines is 1. The molecule has 0 radical (unpaired) electrons. The fraction of sp³-hybridized carbons (Fsp3) is 0.0833. The fourth-order valence-corrected chi connectivity index (χ4v) is 3.78. The van der Waals surface area contributed by atoms with Crippen molar-refractivity contribution in [2.75, 3.05) is 18.2 Å². The number of imidazole rings is 1. The summed E-state index contributed by atoms with van der Waals surface area (Å²) in [6.07, 6.45) is 0. The van der Waals surface area contributed by atoms with Crippen LogP contribution < -0.4 is 10.1 Å². The molecule has 0 saturated heterocycles. The second-order valence-corrected chi connectivity index (χ2v) is 7.50. The number of methoxy groups -OCH3 is 1. The number of benzene rings is 3. The quantitative estimate of drug-likeness (QED) is 0.392. The van der Waals surface area contributed by atoms with Crippen molar-refractivity contribution in [2.45, 2.75) is 5.16 Å². The van der Waals surface area contributed by atoms with Crippen LogP contribution >= 0.6 is 11.8 Å². The fourth-order valence-electron chi connectivity index (χ4n) is 3.11. The average molecular weight is 416 g/mol. The Morgan fingerprint density at radius 3 is 2.27 bits per heavy atom. The Balaban J connectivity index is 1.53. The molecule has 0 aliphatic rings. The maximum atomic E-state index is 12.5. The van der Waals surface area contributed by atoms with Crippen LogP contribution in [0.15, 0.2) is 90.1 Å². The monoisotopic (exact) mass is 415 g/mol. The standard InChI is InChI=1S/C24H21N3O2S/c1-29-20-15-9-8-14-19(20)25-21(28)16-30-24-26-22(17-10-4-2-5-11-17)23(27-24)18-12-6-3-7-13-18/h2-15H,16H2,1H3,(H,25,28)(H,26,27). The van der Waals surface area contributed by atoms with Gasteiger partial charge in [-0.05, 0) is 12.1 Å². The Bertz CT molecular complexity index is 1070. The zero-order valence-electron chi connectivity index (χ0n) is 16.5. The van der Waals surface area contributed by atoms with Gasteiger partial charge in [0.1, 0.15) is 5.75 Å². The molecule has 0 fully saturated rings. The highest BCUT2D eigenvalue weighted by molar-refractivity contribution is 7.99. The molecule has 1 heterocycles. The van der Waals surface area contributed by atoms with Gasteiger partial charge < -0.3 is 15.0 Å². The van der Waals surface area contributed by atoms with Crippen molar-refractivity contribution in [3.63, 3.8) is 0 Å². The number of thioether (sulfide) groups is 1. The van der Waals surface area contributed by atoms with Gasteiger partial charge in [-0.2, -0.15) is 0 Å². The highest BCUT2D eigenvalue weighted by atomic mass is 32.2. The number of carbonyl (C=O) groups is 1. The number of carbonyl (C=O) groups excluding carboxylic acids is 1. The topological polar surface area (TPSA) is 67.0 Å². The molecule has 4 aromatic rings. The van der Waals surface area contributed by atoms with Crippen LogP contribution in [0, 0.1) is 0 Å². The first kappa shape index (κ1) is 19.8. The summed E-state index contributed by atoms with van der Waals surface area (Å²) in [4.78, 5) is 20.6. The number of anilines is 1. The molecule has 2 N–H and O–H groups in total. The van der Waals surface area contributed by atoms with Gasteiger partial charge in [-0.3, -0.25) is 4.79 Å². The van der Waals surface area contributed by atoms with Crippen molar-refractivity contribution in [1.82, 2.24) is 9.97 Å². The molecular weight excluding hydrogens is 394 g/mol. The molecule has 30 heavy (non-hydrogen) atoms. The van der Waals surface area contributed by atoms with Crippen LogP contribution in [0.5, 0.6) is 5.75 Å². The molecule has 0 aliphatic heterocycles. The van der Waals surface area contributed by atoms with Crippen molar-refractivity contribution >= 4 is 23.4 Å². The van der Waals surface area contributed by atoms with Gasteiger partial charge in [-0.25, -0.2) is 4.98 Å². The van der Waals surface area contributed by atoms with Gasteiger partial charge in [-0.1, -0.05) is 84.6 Å². The van der Waals surface area contributed by atoms with Gasteiger partial charge in [0, 0.05) is 11.1 Å². The van der Waals surface area contributed by atoms with Gasteiger partial charge in [0.25, 0.3) is 0 Å². The van der Waals surface area contributed by atoms with Gasteiger partial charge in [0.15, 0.2) is 5.16 Å². The van der Waals surface area contributed by atoms with E-state index in [1.165, 1.54) is 11.8 Å². The van der Waals surface area contributed by atoms with Crippen LogP contribution in [0.3, 0.4) is 0 Å². The van der Waals surface area contributed by atoms with E-state index in [-0.39, 0.29) is 11.7 Å². The van der Waals surface area contributed by atoms with E-state index in [2.05, 4.69) is 10.3 Å². The highest BCUT2D eigenvalue weighted by Gasteiger charge is 2.15. The summed E-state index contributed by atoms with van der Waals surface area (Å²) in [5, 5.41) is 3.59. The molecular formula is C24H21N3O2S. The lowest BCUT2D eigenvalue weighted by Crippen LogP contribution is -2.14. The molecule has 5 nitrogen and oxygen atoms in total. The van der Waals surface area contributed by atoms with E-state index in [1.54, 1.807) is 7.11 Å². The van der Waals surface area contributed by atoms with Crippen molar-refractivity contribution in [2.24, 2.45) is 0 Å². The lowest BCUT2D eigenvalue weighted by atomic mass is 10.1. The van der Waals surface area contributed by atoms with Crippen LogP contribution in [0.25, 0.3) is 22.5 Å². The molecule has 0 bridgehead atoms. The first-order valence-electron chi connectivity index (χ1n) is 9.51. The first-order valence-corrected chi connectivity index (χ1v) is 10.5. The number of nitrogens with zero attached hydrogens (tertiary/aromatic N) is 1. The van der Waals surface area contributed by atoms with Crippen LogP contribution in [-0.2, 0) is 4.79 Å². The third-order valence-corrected chi connectivity index (χ3v) is 5.39. The Morgan fingerprint density at radius 2 is 1.57 bits per heavy atom. The van der Waals surface area contributed by atoms with E-state index in [0.717, 1.165) is 22.5 Å². The lowest BCUT2D eigenvalue weighted by Gasteiger charge is -2.09. The number of para-hydroxylation sites is 2. The minimum absolute atomic E-state index is 0.122. The summed E-state index contributed by atoms with van der Waals surface area (Å²) >= 11 is 1.37. The van der Waals surface area contributed by atoms with Gasteiger partial charge in [-0.15, -0.1) is 0 Å². The molecule has 6 heteroatoms. The van der Waals surface area contributed by atoms with Crippen LogP contribution in [-0.4, -0.2) is 28.7 Å². The van der Waals surface area contributed by atoms with E-state index < -0.39 is 0 Å². The molecule has 0 unspecified atom stereocenters. The number of hydrogen-bond acceptors (Lipinski definition) is 4. The molecule has 0 saturated carbocycles. The van der Waals surface area contributed by atoms with E-state index >= 15 is 0 Å². The Kier molecular flexibility index (Phi) is 6.15. The van der Waals surface area contributed by atoms with E-state index in [9.17, 15) is 4.79 Å². The minimum atomic E-state index is -0.122. The van der Waals surface area contributed by atoms with Crippen molar-refractivity contribution < 1.29 is 9.53 Å². The third-order valence-electron chi connectivity index (χ3n) is 4.51. The average Bonchev–Trinajstić information content (AvgIpc) is 3.24. The Morgan fingerprint density at radius 1 is 0.933 bits per heavy atom. The number of amides is 1. The van der Waals surface area contributed by atoms with E-state index in [4.69, 9.17) is 9.72 Å². The second kappa shape index (κ2) is 9.33. The summed E-state index contributed by atoms with van der Waals surface area (Å²) in [7, 11) is 1.58. The van der Waals surface area contributed by atoms with Crippen molar-refractivity contribution in [1.29, 1.82) is 0 Å². The molecule has 1 amide bonds. The largest absolute Gasteiger partial charge is 0.495 e. The summed E-state index contributed by atoms with van der Waals surface area (Å²) in [6.45, 7) is 0. The van der Waals surface area contributed by atoms with Crippen molar-refractivity contribution in [3.8, 4) is 28.3 Å². The van der Waals surface area contributed by atoms with Crippen molar-refractivity contribution in [3.05, 3.63) is 84.9 Å². The Hall–Kier alpha value is -3.51. The van der Waals surface area contributed by atoms with E-state index in [0.29, 0.717) is 16.6 Å². The Labute approximate surface area is 179 Å². The smallest absolute Gasteiger partial charge is 0.234 e. The van der Waals surface area contributed by atoms with Crippen LogP contribution in [0.2, 0.25) is 0 Å². The number of aromatic nitrogens is 2. The predicted molar refractivity (Wildman–Crippen MR) is 122 cm³/mol. The molecule has 0 atom stereocenters. The minimum Gasteiger partial charge on any atom is -0.495 e. The number of hydrogen-bond donors (Lipinski definition) is 2. The molecule has 3 aromatic carbocycles. The predicted octanol–water partition coefficient (Wildman–Crippen LogP) is 5.48. The molecule has 0 spiro atoms. The van der Waals surface area contributed by atoms with Crippen LogP contribution in [0.1, 0.15) is 0 Å². The summed E-state index contributed by atoms with van der Waals surface area (Å²) in [6, 6.07) is 27.5. The number of ether oxygens (including phenoxy) is 1. The molecule has 0 aliphatic carbocycles. The molecule has 4 rings (SSSR count). The number of rotatable bonds is 7. The summed E-state index contributed by atoms with van der Waals surface area (Å²) in [5.41, 5.74) is 4.54. The molecule has 150 valence electrons. The van der Waals surface area contributed by atoms with Gasteiger partial charge in [0.2, 0.25) is 5.91 Å². The zero-order chi connectivity index (χ0) is 20.8. The number of nitrogens with one attached hydrogen (secondary N) is 2. The normalized spacial score (nSPS) is 10.6.